The second-order valence-electron chi connectivity index (χ2n) is 11.7. The van der Waals surface area contributed by atoms with E-state index in [1.54, 1.807) is 0 Å². The molecule has 0 aliphatic heterocycles. The summed E-state index contributed by atoms with van der Waals surface area (Å²) < 4.78 is 0. The minimum absolute atomic E-state index is 0.110. The topological polar surface area (TPSA) is 224 Å². The van der Waals surface area contributed by atoms with Crippen molar-refractivity contribution in [2.75, 3.05) is 0 Å². The molecular weight excluding hydrogens is 600 g/mol. The van der Waals surface area contributed by atoms with Crippen LogP contribution in [0.15, 0.2) is 0 Å². The molecule has 0 radical (unpaired) electrons. The molecule has 0 heterocycles. The highest BCUT2D eigenvalue weighted by atomic mass is 16.4. The van der Waals surface area contributed by atoms with Crippen molar-refractivity contribution in [3.63, 3.8) is 0 Å². The van der Waals surface area contributed by atoms with Crippen LogP contribution in [-0.4, -0.2) is 66.5 Å². The third-order valence-corrected chi connectivity index (χ3v) is 7.51. The largest absolute Gasteiger partial charge is 0.481 e. The van der Waals surface area contributed by atoms with E-state index < -0.39 is 41.7 Å². The molecule has 0 rings (SSSR count). The summed E-state index contributed by atoms with van der Waals surface area (Å²) in [6, 6.07) is 0. The summed E-state index contributed by atoms with van der Waals surface area (Å²) in [4.78, 5) is 62.4. The lowest BCUT2D eigenvalue weighted by molar-refractivity contribution is -0.155. The molecule has 12 nitrogen and oxygen atoms in total. The van der Waals surface area contributed by atoms with Gasteiger partial charge < -0.3 is 30.6 Å². The summed E-state index contributed by atoms with van der Waals surface area (Å²) in [5, 5.41) is 51.2. The average molecular weight is 663 g/mol. The number of carboxylic acids is 6. The molecule has 0 aliphatic carbocycles. The highest BCUT2D eigenvalue weighted by Gasteiger charge is 2.24. The predicted molar refractivity (Wildman–Crippen MR) is 175 cm³/mol. The van der Waals surface area contributed by atoms with Gasteiger partial charge in [0, 0.05) is 19.3 Å². The number of hydrogen-bond acceptors (Lipinski definition) is 6. The molecule has 0 aromatic rings. The normalized spacial score (nSPS) is 11.0. The molecule has 46 heavy (non-hydrogen) atoms. The van der Waals surface area contributed by atoms with Gasteiger partial charge in [0.15, 0.2) is 5.92 Å². The first-order valence-corrected chi connectivity index (χ1v) is 17.1. The van der Waals surface area contributed by atoms with Gasteiger partial charge in [-0.3, -0.25) is 28.8 Å². The Morgan fingerprint density at radius 2 is 0.696 bits per heavy atom. The fraction of sp³-hybridized carbons (Fsp3) is 0.824. The number of rotatable bonds is 29. The second kappa shape index (κ2) is 34.7. The van der Waals surface area contributed by atoms with E-state index in [1.165, 1.54) is 0 Å². The fourth-order valence-corrected chi connectivity index (χ4v) is 4.62. The lowest BCUT2D eigenvalue weighted by Gasteiger charge is -2.07. The Kier molecular flexibility index (Phi) is 35.6. The first-order valence-electron chi connectivity index (χ1n) is 17.1. The molecule has 6 N–H and O–H groups in total. The van der Waals surface area contributed by atoms with E-state index in [2.05, 4.69) is 6.92 Å². The molecule has 0 aromatic carbocycles. The van der Waals surface area contributed by atoms with Crippen molar-refractivity contribution in [3.8, 4) is 0 Å². The molecule has 0 aromatic heterocycles. The van der Waals surface area contributed by atoms with Gasteiger partial charge in [-0.15, -0.1) is 0 Å². The van der Waals surface area contributed by atoms with Gasteiger partial charge in [-0.05, 0) is 38.5 Å². The van der Waals surface area contributed by atoms with Gasteiger partial charge in [0.05, 0.1) is 5.92 Å². The van der Waals surface area contributed by atoms with Crippen molar-refractivity contribution < 1.29 is 59.4 Å². The SMILES string of the molecule is CCCCCC(CC)C(=O)O.O=C(O)CCCCCCCCCC(C(=O)O)C(=O)O.O=C(O)CCCCCCCCCCC(=O)O. The highest BCUT2D eigenvalue weighted by Crippen LogP contribution is 2.15. The minimum Gasteiger partial charge on any atom is -0.481 e. The molecule has 0 saturated carbocycles. The molecule has 0 saturated heterocycles. The van der Waals surface area contributed by atoms with Crippen molar-refractivity contribution in [2.24, 2.45) is 11.8 Å². The maximum atomic E-state index is 10.6. The first-order chi connectivity index (χ1) is 21.8. The van der Waals surface area contributed by atoms with E-state index in [1.807, 2.05) is 6.92 Å². The molecule has 1 atom stereocenters. The summed E-state index contributed by atoms with van der Waals surface area (Å²) in [5.41, 5.74) is 0. The zero-order chi connectivity index (χ0) is 35.6. The first kappa shape index (κ1) is 47.2. The van der Waals surface area contributed by atoms with E-state index >= 15 is 0 Å². The molecule has 270 valence electrons. The molecule has 1 unspecified atom stereocenters. The Labute approximate surface area is 275 Å². The van der Waals surface area contributed by atoms with Crippen LogP contribution in [0.3, 0.4) is 0 Å². The quantitative estimate of drug-likeness (QED) is 0.0330. The van der Waals surface area contributed by atoms with Crippen LogP contribution < -0.4 is 0 Å². The van der Waals surface area contributed by atoms with Gasteiger partial charge in [0.1, 0.15) is 0 Å². The van der Waals surface area contributed by atoms with Crippen molar-refractivity contribution in [2.45, 2.75) is 168 Å². The molecule has 0 fully saturated rings. The van der Waals surface area contributed by atoms with Crippen molar-refractivity contribution in [3.05, 3.63) is 0 Å². The standard InChI is InChI=1S/C13H22O6.C12H22O4.C9H18O2/c14-11(15)9-7-5-3-1-2-4-6-8-10(12(16)17)13(18)19;13-11(14)9-7-5-3-1-2-4-6-8-10-12(15)16;1-3-5-6-7-8(4-2)9(10)11/h10H,1-9H2,(H,14,15)(H,16,17)(H,18,19);1-10H2,(H,13,14)(H,15,16);8H,3-7H2,1-2H3,(H,10,11). The smallest absolute Gasteiger partial charge is 0.317 e. The number of hydrogen-bond donors (Lipinski definition) is 6. The average Bonchev–Trinajstić information content (AvgIpc) is 2.97. The number of aliphatic carboxylic acids is 6. The van der Waals surface area contributed by atoms with Crippen molar-refractivity contribution >= 4 is 35.8 Å². The van der Waals surface area contributed by atoms with Crippen LogP contribution in [-0.2, 0) is 28.8 Å². The Morgan fingerprint density at radius 3 is 0.957 bits per heavy atom. The van der Waals surface area contributed by atoms with Crippen LogP contribution in [0.25, 0.3) is 0 Å². The Morgan fingerprint density at radius 1 is 0.391 bits per heavy atom. The lowest BCUT2D eigenvalue weighted by atomic mass is 9.99. The number of carboxylic acid groups (broad SMARTS) is 6. The molecular formula is C34H62O12. The zero-order valence-corrected chi connectivity index (χ0v) is 28.3. The third-order valence-electron chi connectivity index (χ3n) is 7.51. The van der Waals surface area contributed by atoms with Gasteiger partial charge in [0.2, 0.25) is 0 Å². The fourth-order valence-electron chi connectivity index (χ4n) is 4.62. The van der Waals surface area contributed by atoms with Gasteiger partial charge in [-0.25, -0.2) is 0 Å². The minimum atomic E-state index is -1.30. The number of carbonyl (C=O) groups is 6. The molecule has 0 bridgehead atoms. The molecule has 12 heteroatoms. The van der Waals surface area contributed by atoms with Crippen LogP contribution in [0.1, 0.15) is 168 Å². The van der Waals surface area contributed by atoms with Crippen LogP contribution in [0.2, 0.25) is 0 Å². The summed E-state index contributed by atoms with van der Waals surface area (Å²) in [6.07, 6.45) is 19.7. The second-order valence-corrected chi connectivity index (χ2v) is 11.7. The van der Waals surface area contributed by atoms with E-state index in [0.717, 1.165) is 116 Å². The van der Waals surface area contributed by atoms with Crippen LogP contribution in [0.5, 0.6) is 0 Å². The monoisotopic (exact) mass is 662 g/mol. The van der Waals surface area contributed by atoms with E-state index in [4.69, 9.17) is 30.6 Å². The maximum absolute atomic E-state index is 10.6. The van der Waals surface area contributed by atoms with E-state index in [9.17, 15) is 28.8 Å². The van der Waals surface area contributed by atoms with Crippen molar-refractivity contribution in [1.29, 1.82) is 0 Å². The third kappa shape index (κ3) is 38.8. The van der Waals surface area contributed by atoms with Gasteiger partial charge in [0.25, 0.3) is 0 Å². The molecule has 0 aliphatic rings. The Balaban J connectivity index is -0.000000625. The van der Waals surface area contributed by atoms with Gasteiger partial charge in [-0.1, -0.05) is 110 Å². The van der Waals surface area contributed by atoms with Gasteiger partial charge in [-0.2, -0.15) is 0 Å². The van der Waals surface area contributed by atoms with Crippen LogP contribution in [0.4, 0.5) is 0 Å². The maximum Gasteiger partial charge on any atom is 0.317 e. The zero-order valence-electron chi connectivity index (χ0n) is 28.3. The summed E-state index contributed by atoms with van der Waals surface area (Å²) in [5.74, 6) is -6.79. The Hall–Kier alpha value is -3.18. The van der Waals surface area contributed by atoms with Crippen LogP contribution >= 0.6 is 0 Å². The van der Waals surface area contributed by atoms with E-state index in [-0.39, 0.29) is 31.6 Å². The predicted octanol–water partition coefficient (Wildman–Crippen LogP) is 8.10. The number of unbranched alkanes of at least 4 members (excludes halogenated alkanes) is 15. The summed E-state index contributed by atoms with van der Waals surface area (Å²) >= 11 is 0. The molecule has 0 amide bonds. The van der Waals surface area contributed by atoms with E-state index in [0.29, 0.717) is 12.8 Å². The highest BCUT2D eigenvalue weighted by molar-refractivity contribution is 5.92. The Bertz CT molecular complexity index is 776. The molecule has 0 spiro atoms. The van der Waals surface area contributed by atoms with Gasteiger partial charge >= 0.3 is 35.8 Å². The lowest BCUT2D eigenvalue weighted by Crippen LogP contribution is -2.23. The summed E-state index contributed by atoms with van der Waals surface area (Å²) in [6.45, 7) is 4.06. The van der Waals surface area contributed by atoms with Crippen molar-refractivity contribution in [1.82, 2.24) is 0 Å². The summed E-state index contributed by atoms with van der Waals surface area (Å²) in [7, 11) is 0. The van der Waals surface area contributed by atoms with Crippen LogP contribution in [0, 0.1) is 11.8 Å².